The van der Waals surface area contributed by atoms with Crippen molar-refractivity contribution in [3.05, 3.63) is 96.0 Å². The molecule has 1 aromatic carbocycles. The molecule has 6 heteroatoms. The van der Waals surface area contributed by atoms with E-state index in [1.54, 1.807) is 30.5 Å². The van der Waals surface area contributed by atoms with Crippen LogP contribution in [0, 0.1) is 0 Å². The quantitative estimate of drug-likeness (QED) is 0.674. The van der Waals surface area contributed by atoms with Gasteiger partial charge in [-0.2, -0.15) is 0 Å². The number of rotatable bonds is 5. The summed E-state index contributed by atoms with van der Waals surface area (Å²) in [6.45, 7) is 5.58. The molecule has 0 amide bonds. The molecule has 5 nitrogen and oxygen atoms in total. The van der Waals surface area contributed by atoms with Crippen molar-refractivity contribution in [2.24, 2.45) is 0 Å². The highest BCUT2D eigenvalue weighted by Crippen LogP contribution is 2.26. The van der Waals surface area contributed by atoms with E-state index in [1.165, 1.54) is 11.8 Å². The molecule has 146 valence electrons. The molecule has 1 atom stereocenters. The van der Waals surface area contributed by atoms with Gasteiger partial charge in [-0.15, -0.1) is 0 Å². The molecule has 1 fully saturated rings. The van der Waals surface area contributed by atoms with Crippen molar-refractivity contribution in [1.29, 1.82) is 0 Å². The number of hydrogen-bond donors (Lipinski definition) is 1. The van der Waals surface area contributed by atoms with Gasteiger partial charge >= 0.3 is 0 Å². The smallest absolute Gasteiger partial charge is 0.213 e. The van der Waals surface area contributed by atoms with Crippen LogP contribution in [0.4, 0.5) is 10.2 Å². The van der Waals surface area contributed by atoms with Crippen molar-refractivity contribution in [3.63, 3.8) is 0 Å². The summed E-state index contributed by atoms with van der Waals surface area (Å²) in [4.78, 5) is 23.6. The minimum atomic E-state index is -0.682. The van der Waals surface area contributed by atoms with Crippen LogP contribution in [0.1, 0.15) is 33.2 Å². The summed E-state index contributed by atoms with van der Waals surface area (Å²) < 4.78 is 14.0. The molecule has 1 aliphatic heterocycles. The maximum absolute atomic E-state index is 14.0. The summed E-state index contributed by atoms with van der Waals surface area (Å²) in [5, 5.41) is 3.51. The first-order valence-corrected chi connectivity index (χ1v) is 9.47. The van der Waals surface area contributed by atoms with Gasteiger partial charge in [0.2, 0.25) is 5.78 Å². The molecule has 0 spiro atoms. The highest BCUT2D eigenvalue weighted by Gasteiger charge is 2.24. The molecule has 2 aromatic heterocycles. The first-order valence-electron chi connectivity index (χ1n) is 9.47. The van der Waals surface area contributed by atoms with Crippen LogP contribution in [-0.2, 0) is 0 Å². The third kappa shape index (κ3) is 4.07. The molecule has 1 saturated heterocycles. The molecular formula is C23H21FN4O. The fraction of sp³-hybridized carbons (Fsp3) is 0.174. The summed E-state index contributed by atoms with van der Waals surface area (Å²) in [7, 11) is 0. The monoisotopic (exact) mass is 388 g/mol. The Balaban J connectivity index is 1.66. The van der Waals surface area contributed by atoms with Gasteiger partial charge in [-0.3, -0.25) is 9.78 Å². The lowest BCUT2D eigenvalue weighted by Gasteiger charge is -2.35. The third-order valence-corrected chi connectivity index (χ3v) is 5.01. The van der Waals surface area contributed by atoms with E-state index in [1.807, 2.05) is 18.2 Å². The summed E-state index contributed by atoms with van der Waals surface area (Å²) >= 11 is 0. The normalized spacial score (nSPS) is 16.4. The second kappa shape index (κ2) is 8.32. The Labute approximate surface area is 168 Å². The number of hydrogen-bond acceptors (Lipinski definition) is 5. The minimum absolute atomic E-state index is 0.0535. The van der Waals surface area contributed by atoms with Crippen molar-refractivity contribution in [1.82, 2.24) is 15.3 Å². The van der Waals surface area contributed by atoms with Gasteiger partial charge in [0.1, 0.15) is 17.3 Å². The number of ketones is 1. The molecule has 1 N–H and O–H groups in total. The third-order valence-electron chi connectivity index (χ3n) is 5.01. The van der Waals surface area contributed by atoms with Crippen LogP contribution in [0.5, 0.6) is 0 Å². The van der Waals surface area contributed by atoms with Crippen LogP contribution in [-0.4, -0.2) is 35.4 Å². The van der Waals surface area contributed by atoms with Crippen LogP contribution in [0.25, 0.3) is 5.83 Å². The lowest BCUT2D eigenvalue weighted by molar-refractivity contribution is 0.103. The Hall–Kier alpha value is -3.38. The predicted molar refractivity (Wildman–Crippen MR) is 111 cm³/mol. The number of pyridine rings is 2. The number of benzene rings is 1. The number of halogens is 1. The van der Waals surface area contributed by atoms with Crippen LogP contribution in [0.3, 0.4) is 0 Å². The molecule has 29 heavy (non-hydrogen) atoms. The van der Waals surface area contributed by atoms with Gasteiger partial charge in [-0.05, 0) is 29.8 Å². The Kier molecular flexibility index (Phi) is 5.44. The van der Waals surface area contributed by atoms with E-state index in [0.717, 1.165) is 13.1 Å². The lowest BCUT2D eigenvalue weighted by atomic mass is 10.0. The van der Waals surface area contributed by atoms with Gasteiger partial charge < -0.3 is 10.2 Å². The van der Waals surface area contributed by atoms with Gasteiger partial charge in [-0.25, -0.2) is 9.37 Å². The van der Waals surface area contributed by atoms with E-state index < -0.39 is 5.83 Å². The number of nitrogens with zero attached hydrogens (tertiary/aromatic N) is 3. The van der Waals surface area contributed by atoms with Crippen LogP contribution in [0.2, 0.25) is 0 Å². The van der Waals surface area contributed by atoms with E-state index in [2.05, 4.69) is 38.9 Å². The first-order chi connectivity index (χ1) is 14.1. The van der Waals surface area contributed by atoms with E-state index >= 15 is 0 Å². The van der Waals surface area contributed by atoms with E-state index in [-0.39, 0.29) is 23.1 Å². The second-order valence-corrected chi connectivity index (χ2v) is 6.90. The summed E-state index contributed by atoms with van der Waals surface area (Å²) in [6.07, 6.45) is 3.04. The predicted octanol–water partition coefficient (Wildman–Crippen LogP) is 3.80. The molecule has 4 rings (SSSR count). The zero-order chi connectivity index (χ0) is 20.2. The Bertz CT molecular complexity index is 1020. The summed E-state index contributed by atoms with van der Waals surface area (Å²) in [5.74, 6) is -0.410. The molecule has 1 aliphatic rings. The molecule has 0 bridgehead atoms. The van der Waals surface area contributed by atoms with Crippen LogP contribution in [0.15, 0.2) is 73.6 Å². The largest absolute Gasteiger partial charge is 0.353 e. The summed E-state index contributed by atoms with van der Waals surface area (Å²) in [6, 6.07) is 17.0. The molecular weight excluding hydrogens is 367 g/mol. The topological polar surface area (TPSA) is 58.1 Å². The Morgan fingerprint density at radius 3 is 2.69 bits per heavy atom. The number of anilines is 1. The number of nitrogens with one attached hydrogen (secondary N) is 1. The standard InChI is InChI=1S/C23H21FN4O/c1-16(24)19-9-10-21(27-22(19)23(29)18-8-5-11-25-14-18)28-13-12-26-20(15-28)17-6-3-2-4-7-17/h2-11,14,20,26H,1,12-13,15H2/t20-/m0/s1. The van der Waals surface area contributed by atoms with Gasteiger partial charge in [-0.1, -0.05) is 36.9 Å². The summed E-state index contributed by atoms with van der Waals surface area (Å²) in [5.41, 5.74) is 1.72. The molecule has 0 radical (unpaired) electrons. The number of carbonyl (C=O) groups excluding carboxylic acids is 1. The molecule has 0 saturated carbocycles. The van der Waals surface area contributed by atoms with Gasteiger partial charge in [0.15, 0.2) is 0 Å². The lowest BCUT2D eigenvalue weighted by Crippen LogP contribution is -2.46. The molecule has 3 aromatic rings. The fourth-order valence-corrected chi connectivity index (χ4v) is 3.52. The second-order valence-electron chi connectivity index (χ2n) is 6.90. The molecule has 0 aliphatic carbocycles. The maximum Gasteiger partial charge on any atom is 0.213 e. The van der Waals surface area contributed by atoms with Crippen molar-refractivity contribution >= 4 is 17.4 Å². The van der Waals surface area contributed by atoms with Crippen molar-refractivity contribution in [3.8, 4) is 0 Å². The van der Waals surface area contributed by atoms with E-state index in [4.69, 9.17) is 0 Å². The molecule has 0 unspecified atom stereocenters. The minimum Gasteiger partial charge on any atom is -0.353 e. The zero-order valence-electron chi connectivity index (χ0n) is 15.9. The first kappa shape index (κ1) is 19.0. The number of aromatic nitrogens is 2. The van der Waals surface area contributed by atoms with Crippen molar-refractivity contribution in [2.45, 2.75) is 6.04 Å². The van der Waals surface area contributed by atoms with Crippen LogP contribution >= 0.6 is 0 Å². The zero-order valence-corrected chi connectivity index (χ0v) is 15.9. The number of piperazine rings is 1. The average molecular weight is 388 g/mol. The fourth-order valence-electron chi connectivity index (χ4n) is 3.52. The highest BCUT2D eigenvalue weighted by atomic mass is 19.1. The van der Waals surface area contributed by atoms with Gasteiger partial charge in [0.05, 0.1) is 0 Å². The molecule has 3 heterocycles. The Morgan fingerprint density at radius 1 is 1.14 bits per heavy atom. The van der Waals surface area contributed by atoms with Crippen LogP contribution < -0.4 is 10.2 Å². The van der Waals surface area contributed by atoms with E-state index in [0.29, 0.717) is 17.9 Å². The number of carbonyl (C=O) groups is 1. The van der Waals surface area contributed by atoms with Gasteiger partial charge in [0, 0.05) is 49.2 Å². The van der Waals surface area contributed by atoms with Gasteiger partial charge in [0.25, 0.3) is 0 Å². The Morgan fingerprint density at radius 2 is 1.97 bits per heavy atom. The van der Waals surface area contributed by atoms with Crippen molar-refractivity contribution in [2.75, 3.05) is 24.5 Å². The SMILES string of the molecule is C=C(F)c1ccc(N2CCN[C@H](c3ccccc3)C2)nc1C(=O)c1cccnc1. The maximum atomic E-state index is 14.0. The highest BCUT2D eigenvalue weighted by molar-refractivity contribution is 6.10. The van der Waals surface area contributed by atoms with E-state index in [9.17, 15) is 9.18 Å². The average Bonchev–Trinajstić information content (AvgIpc) is 2.79. The van der Waals surface area contributed by atoms with Crippen molar-refractivity contribution < 1.29 is 9.18 Å².